The number of thioether (sulfide) groups is 1. The highest BCUT2D eigenvalue weighted by molar-refractivity contribution is 7.99. The van der Waals surface area contributed by atoms with Gasteiger partial charge in [-0.05, 0) is 43.3 Å². The van der Waals surface area contributed by atoms with Gasteiger partial charge in [0.25, 0.3) is 5.91 Å². The third-order valence-electron chi connectivity index (χ3n) is 4.12. The molecule has 0 aliphatic rings. The third kappa shape index (κ3) is 5.48. The number of nitrogens with one attached hydrogen (secondary N) is 1. The number of nitrogens with zero attached hydrogens (tertiary/aromatic N) is 3. The zero-order valence-corrected chi connectivity index (χ0v) is 17.5. The first-order valence-corrected chi connectivity index (χ1v) is 10.3. The van der Waals surface area contributed by atoms with Crippen LogP contribution in [0.2, 0.25) is 5.02 Å². The topological polar surface area (TPSA) is 69.0 Å². The molecule has 1 heterocycles. The van der Waals surface area contributed by atoms with Crippen LogP contribution in [0.15, 0.2) is 53.7 Å². The molecule has 29 heavy (non-hydrogen) atoms. The Hall–Kier alpha value is -2.58. The molecular weight excluding hydrogens is 415 g/mol. The molecule has 0 saturated heterocycles. The highest BCUT2D eigenvalue weighted by Gasteiger charge is 2.19. The van der Waals surface area contributed by atoms with Crippen molar-refractivity contribution in [3.05, 3.63) is 70.8 Å². The molecule has 2 aromatic carbocycles. The van der Waals surface area contributed by atoms with Crippen LogP contribution in [0.4, 0.5) is 4.39 Å². The van der Waals surface area contributed by atoms with E-state index in [0.717, 1.165) is 0 Å². The molecule has 0 saturated carbocycles. The van der Waals surface area contributed by atoms with Crippen LogP contribution in [-0.4, -0.2) is 33.0 Å². The number of hydrogen-bond donors (Lipinski definition) is 1. The van der Waals surface area contributed by atoms with E-state index in [0.29, 0.717) is 39.7 Å². The summed E-state index contributed by atoms with van der Waals surface area (Å²) in [6, 6.07) is 12.4. The first-order chi connectivity index (χ1) is 14.0. The Morgan fingerprint density at radius 1 is 1.24 bits per heavy atom. The summed E-state index contributed by atoms with van der Waals surface area (Å²) in [5, 5.41) is 12.4. The highest BCUT2D eigenvalue weighted by Crippen LogP contribution is 2.21. The number of amides is 1. The number of hydrogen-bond acceptors (Lipinski definition) is 5. The SMILES string of the molecule is C[C@H](NC(=O)c1ccccc1Cl)c1nnc(SCCOc2ccc(F)cc2)n1C. The third-order valence-corrected chi connectivity index (χ3v) is 5.43. The van der Waals surface area contributed by atoms with Gasteiger partial charge >= 0.3 is 0 Å². The fraction of sp³-hybridized carbons (Fsp3) is 0.250. The van der Waals surface area contributed by atoms with Gasteiger partial charge in [-0.25, -0.2) is 4.39 Å². The summed E-state index contributed by atoms with van der Waals surface area (Å²) < 4.78 is 20.3. The van der Waals surface area contributed by atoms with Crippen LogP contribution in [0, 0.1) is 5.82 Å². The molecule has 0 unspecified atom stereocenters. The zero-order valence-electron chi connectivity index (χ0n) is 15.9. The summed E-state index contributed by atoms with van der Waals surface area (Å²) in [5.41, 5.74) is 0.413. The monoisotopic (exact) mass is 434 g/mol. The van der Waals surface area contributed by atoms with Gasteiger partial charge in [-0.3, -0.25) is 4.79 Å². The van der Waals surface area contributed by atoms with Crippen molar-refractivity contribution in [2.75, 3.05) is 12.4 Å². The molecule has 3 aromatic rings. The molecule has 1 amide bonds. The van der Waals surface area contributed by atoms with Gasteiger partial charge in [0.05, 0.1) is 23.2 Å². The van der Waals surface area contributed by atoms with Crippen LogP contribution < -0.4 is 10.1 Å². The van der Waals surface area contributed by atoms with Crippen molar-refractivity contribution in [2.45, 2.75) is 18.1 Å². The number of benzene rings is 2. The van der Waals surface area contributed by atoms with Gasteiger partial charge in [-0.15, -0.1) is 10.2 Å². The lowest BCUT2D eigenvalue weighted by atomic mass is 10.2. The quantitative estimate of drug-likeness (QED) is 0.423. The van der Waals surface area contributed by atoms with Crippen molar-refractivity contribution in [1.29, 1.82) is 0 Å². The highest BCUT2D eigenvalue weighted by atomic mass is 35.5. The van der Waals surface area contributed by atoms with Gasteiger partial charge in [0.1, 0.15) is 11.6 Å². The van der Waals surface area contributed by atoms with Crippen LogP contribution in [0.3, 0.4) is 0 Å². The number of rotatable bonds is 8. The number of ether oxygens (including phenoxy) is 1. The summed E-state index contributed by atoms with van der Waals surface area (Å²) >= 11 is 7.56. The average Bonchev–Trinajstić information content (AvgIpc) is 3.07. The van der Waals surface area contributed by atoms with E-state index in [1.807, 2.05) is 18.5 Å². The van der Waals surface area contributed by atoms with Crippen molar-refractivity contribution >= 4 is 29.3 Å². The molecule has 0 spiro atoms. The average molecular weight is 435 g/mol. The first-order valence-electron chi connectivity index (χ1n) is 8.91. The van der Waals surface area contributed by atoms with Crippen molar-refractivity contribution < 1.29 is 13.9 Å². The van der Waals surface area contributed by atoms with E-state index in [1.165, 1.54) is 23.9 Å². The number of aromatic nitrogens is 3. The summed E-state index contributed by atoms with van der Waals surface area (Å²) in [5.74, 6) is 1.32. The van der Waals surface area contributed by atoms with Crippen molar-refractivity contribution in [2.24, 2.45) is 7.05 Å². The van der Waals surface area contributed by atoms with Crippen LogP contribution in [-0.2, 0) is 7.05 Å². The van der Waals surface area contributed by atoms with E-state index in [4.69, 9.17) is 16.3 Å². The lowest BCUT2D eigenvalue weighted by molar-refractivity contribution is 0.0938. The molecule has 152 valence electrons. The summed E-state index contributed by atoms with van der Waals surface area (Å²) in [6.07, 6.45) is 0. The molecule has 0 bridgehead atoms. The minimum atomic E-state index is -0.346. The van der Waals surface area contributed by atoms with Gasteiger partial charge in [0, 0.05) is 12.8 Å². The molecule has 0 aliphatic carbocycles. The number of carbonyl (C=O) groups excluding carboxylic acids is 1. The molecule has 0 aliphatic heterocycles. The fourth-order valence-corrected chi connectivity index (χ4v) is 3.59. The van der Waals surface area contributed by atoms with E-state index in [1.54, 1.807) is 36.4 Å². The van der Waals surface area contributed by atoms with E-state index in [2.05, 4.69) is 15.5 Å². The molecule has 0 fully saturated rings. The van der Waals surface area contributed by atoms with Crippen molar-refractivity contribution in [3.63, 3.8) is 0 Å². The minimum Gasteiger partial charge on any atom is -0.493 e. The normalized spacial score (nSPS) is 11.9. The van der Waals surface area contributed by atoms with E-state index < -0.39 is 0 Å². The first kappa shape index (κ1) is 21.1. The van der Waals surface area contributed by atoms with E-state index in [9.17, 15) is 9.18 Å². The molecule has 1 aromatic heterocycles. The van der Waals surface area contributed by atoms with E-state index in [-0.39, 0.29) is 17.8 Å². The van der Waals surface area contributed by atoms with Gasteiger partial charge in [-0.2, -0.15) is 0 Å². The standard InChI is InChI=1S/C20H20ClFN4O2S/c1-13(23-19(27)16-5-3-4-6-17(16)21)18-24-25-20(26(18)2)29-12-11-28-15-9-7-14(22)8-10-15/h3-10,13H,11-12H2,1-2H3,(H,23,27)/t13-/m0/s1. The lowest BCUT2D eigenvalue weighted by Gasteiger charge is -2.14. The van der Waals surface area contributed by atoms with E-state index >= 15 is 0 Å². The summed E-state index contributed by atoms with van der Waals surface area (Å²) in [6.45, 7) is 2.28. The minimum absolute atomic E-state index is 0.270. The second-order valence-electron chi connectivity index (χ2n) is 6.23. The van der Waals surface area contributed by atoms with Gasteiger partial charge < -0.3 is 14.6 Å². The number of carbonyl (C=O) groups is 1. The Morgan fingerprint density at radius 2 is 1.97 bits per heavy atom. The molecular formula is C20H20ClFN4O2S. The smallest absolute Gasteiger partial charge is 0.253 e. The number of halogens is 2. The summed E-state index contributed by atoms with van der Waals surface area (Å²) in [4.78, 5) is 12.4. The molecule has 1 atom stereocenters. The maximum absolute atomic E-state index is 12.9. The van der Waals surface area contributed by atoms with Crippen LogP contribution in [0.1, 0.15) is 29.1 Å². The van der Waals surface area contributed by atoms with Gasteiger partial charge in [-0.1, -0.05) is 35.5 Å². The Kier molecular flexibility index (Phi) is 7.11. The predicted molar refractivity (Wildman–Crippen MR) is 111 cm³/mol. The Balaban J connectivity index is 1.53. The van der Waals surface area contributed by atoms with Gasteiger partial charge in [0.15, 0.2) is 11.0 Å². The Morgan fingerprint density at radius 3 is 2.69 bits per heavy atom. The van der Waals surface area contributed by atoms with Crippen molar-refractivity contribution in [1.82, 2.24) is 20.1 Å². The maximum Gasteiger partial charge on any atom is 0.253 e. The zero-order chi connectivity index (χ0) is 20.8. The molecule has 9 heteroatoms. The van der Waals surface area contributed by atoms with Crippen LogP contribution in [0.5, 0.6) is 5.75 Å². The maximum atomic E-state index is 12.9. The largest absolute Gasteiger partial charge is 0.493 e. The Bertz CT molecular complexity index is 981. The molecule has 3 rings (SSSR count). The van der Waals surface area contributed by atoms with Crippen LogP contribution >= 0.6 is 23.4 Å². The van der Waals surface area contributed by atoms with Crippen molar-refractivity contribution in [3.8, 4) is 5.75 Å². The molecule has 1 N–H and O–H groups in total. The van der Waals surface area contributed by atoms with Gasteiger partial charge in [0.2, 0.25) is 0 Å². The summed E-state index contributed by atoms with van der Waals surface area (Å²) in [7, 11) is 1.84. The molecule has 6 nitrogen and oxygen atoms in total. The fourth-order valence-electron chi connectivity index (χ4n) is 2.64. The Labute approximate surface area is 177 Å². The lowest BCUT2D eigenvalue weighted by Crippen LogP contribution is -2.28. The van der Waals surface area contributed by atoms with Crippen LogP contribution in [0.25, 0.3) is 0 Å². The second kappa shape index (κ2) is 9.76. The predicted octanol–water partition coefficient (Wildman–Crippen LogP) is 4.27. The second-order valence-corrected chi connectivity index (χ2v) is 7.69. The molecule has 0 radical (unpaired) electrons.